The number of nitrogens with zero attached hydrogens (tertiary/aromatic N) is 2. The fourth-order valence-electron chi connectivity index (χ4n) is 2.14. The van der Waals surface area contributed by atoms with Gasteiger partial charge in [-0.25, -0.2) is 9.66 Å². The molecule has 0 aliphatic carbocycles. The number of aromatic nitrogens is 2. The van der Waals surface area contributed by atoms with Gasteiger partial charge in [0.2, 0.25) is 5.91 Å². The molecule has 0 saturated carbocycles. The zero-order valence-corrected chi connectivity index (χ0v) is 12.1. The topological polar surface area (TPSA) is 46.9 Å². The van der Waals surface area contributed by atoms with Gasteiger partial charge in [0.15, 0.2) is 5.82 Å². The highest BCUT2D eigenvalue weighted by atomic mass is 16.2. The first kappa shape index (κ1) is 14.3. The van der Waals surface area contributed by atoms with Crippen LogP contribution in [0.3, 0.4) is 0 Å². The van der Waals surface area contributed by atoms with Crippen LogP contribution in [0, 0.1) is 6.92 Å². The first-order chi connectivity index (χ1) is 9.72. The Morgan fingerprint density at radius 3 is 2.85 bits per heavy atom. The summed E-state index contributed by atoms with van der Waals surface area (Å²) in [4.78, 5) is 16.2. The fourth-order valence-corrected chi connectivity index (χ4v) is 2.14. The maximum Gasteiger partial charge on any atom is 0.238 e. The molecule has 106 valence electrons. The van der Waals surface area contributed by atoms with Crippen LogP contribution in [0.1, 0.15) is 38.2 Å². The standard InChI is InChI=1S/C16H21N3O/c1-3-4-5-10-15(20)18-19-12-11-17-16(19)14-9-7-6-8-13(14)2/h6-9,11-12H,3-5,10H2,1-2H3,(H,18,20). The van der Waals surface area contributed by atoms with Crippen LogP contribution in [0.4, 0.5) is 0 Å². The number of benzene rings is 1. The van der Waals surface area contributed by atoms with Crippen molar-refractivity contribution < 1.29 is 4.79 Å². The van der Waals surface area contributed by atoms with E-state index in [1.54, 1.807) is 17.1 Å². The number of nitrogens with one attached hydrogen (secondary N) is 1. The molecule has 1 heterocycles. The molecule has 2 aromatic rings. The van der Waals surface area contributed by atoms with Gasteiger partial charge >= 0.3 is 0 Å². The minimum Gasteiger partial charge on any atom is -0.273 e. The van der Waals surface area contributed by atoms with Crippen molar-refractivity contribution in [3.8, 4) is 11.4 Å². The predicted molar refractivity (Wildman–Crippen MR) is 80.9 cm³/mol. The molecule has 0 fully saturated rings. The lowest BCUT2D eigenvalue weighted by Crippen LogP contribution is -2.22. The normalized spacial score (nSPS) is 10.5. The van der Waals surface area contributed by atoms with E-state index >= 15 is 0 Å². The molecule has 1 N–H and O–H groups in total. The summed E-state index contributed by atoms with van der Waals surface area (Å²) in [6.45, 7) is 4.17. The van der Waals surface area contributed by atoms with Gasteiger partial charge < -0.3 is 0 Å². The molecule has 0 aliphatic rings. The highest BCUT2D eigenvalue weighted by Gasteiger charge is 2.10. The van der Waals surface area contributed by atoms with E-state index in [4.69, 9.17) is 0 Å². The highest BCUT2D eigenvalue weighted by molar-refractivity contribution is 5.84. The second kappa shape index (κ2) is 6.89. The molecule has 1 aromatic heterocycles. The van der Waals surface area contributed by atoms with E-state index in [1.807, 2.05) is 31.2 Å². The first-order valence-corrected chi connectivity index (χ1v) is 7.11. The Labute approximate surface area is 119 Å². The summed E-state index contributed by atoms with van der Waals surface area (Å²) < 4.78 is 1.70. The lowest BCUT2D eigenvalue weighted by molar-refractivity contribution is -0.117. The number of hydrogen-bond donors (Lipinski definition) is 1. The second-order valence-corrected chi connectivity index (χ2v) is 4.93. The summed E-state index contributed by atoms with van der Waals surface area (Å²) in [5.41, 5.74) is 5.06. The molecule has 1 amide bonds. The third kappa shape index (κ3) is 3.47. The van der Waals surface area contributed by atoms with Crippen LogP contribution < -0.4 is 5.43 Å². The van der Waals surface area contributed by atoms with E-state index < -0.39 is 0 Å². The van der Waals surface area contributed by atoms with Crippen molar-refractivity contribution in [3.05, 3.63) is 42.2 Å². The summed E-state index contributed by atoms with van der Waals surface area (Å²) >= 11 is 0. The van der Waals surface area contributed by atoms with Crippen molar-refractivity contribution in [2.45, 2.75) is 39.5 Å². The SMILES string of the molecule is CCCCCC(=O)Nn1ccnc1-c1ccccc1C. The molecule has 0 spiro atoms. The molecular weight excluding hydrogens is 250 g/mol. The molecule has 4 heteroatoms. The third-order valence-corrected chi connectivity index (χ3v) is 3.28. The monoisotopic (exact) mass is 271 g/mol. The molecule has 4 nitrogen and oxygen atoms in total. The van der Waals surface area contributed by atoms with Crippen LogP contribution >= 0.6 is 0 Å². The molecule has 0 radical (unpaired) electrons. The Kier molecular flexibility index (Phi) is 4.93. The van der Waals surface area contributed by atoms with Gasteiger partial charge in [-0.3, -0.25) is 10.2 Å². The Balaban J connectivity index is 2.10. The van der Waals surface area contributed by atoms with Crippen molar-refractivity contribution in [1.29, 1.82) is 0 Å². The Morgan fingerprint density at radius 2 is 2.10 bits per heavy atom. The van der Waals surface area contributed by atoms with Gasteiger partial charge in [0.25, 0.3) is 0 Å². The first-order valence-electron chi connectivity index (χ1n) is 7.11. The summed E-state index contributed by atoms with van der Waals surface area (Å²) in [6, 6.07) is 8.02. The molecule has 0 atom stereocenters. The average molecular weight is 271 g/mol. The summed E-state index contributed by atoms with van der Waals surface area (Å²) in [7, 11) is 0. The number of rotatable bonds is 6. The van der Waals surface area contributed by atoms with Gasteiger partial charge in [-0.1, -0.05) is 44.0 Å². The van der Waals surface area contributed by atoms with Crippen molar-refractivity contribution in [3.63, 3.8) is 0 Å². The van der Waals surface area contributed by atoms with E-state index in [9.17, 15) is 4.79 Å². The average Bonchev–Trinajstić information content (AvgIpc) is 2.87. The van der Waals surface area contributed by atoms with Crippen LogP contribution in [-0.2, 0) is 4.79 Å². The van der Waals surface area contributed by atoms with E-state index in [0.29, 0.717) is 6.42 Å². The van der Waals surface area contributed by atoms with Crippen LogP contribution in [0.2, 0.25) is 0 Å². The zero-order chi connectivity index (χ0) is 14.4. The molecule has 1 aromatic carbocycles. The number of hydrogen-bond acceptors (Lipinski definition) is 2. The Hall–Kier alpha value is -2.10. The Morgan fingerprint density at radius 1 is 1.30 bits per heavy atom. The Bertz CT molecular complexity index is 575. The van der Waals surface area contributed by atoms with Crippen LogP contribution in [-0.4, -0.2) is 15.6 Å². The molecule has 0 bridgehead atoms. The van der Waals surface area contributed by atoms with Gasteiger partial charge in [0, 0.05) is 24.4 Å². The third-order valence-electron chi connectivity index (χ3n) is 3.28. The number of unbranched alkanes of at least 4 members (excludes halogenated alkanes) is 2. The maximum absolute atomic E-state index is 11.9. The number of aryl methyl sites for hydroxylation is 1. The molecule has 2 rings (SSSR count). The number of imidazole rings is 1. The van der Waals surface area contributed by atoms with Crippen molar-refractivity contribution in [2.75, 3.05) is 5.43 Å². The molecule has 0 unspecified atom stereocenters. The van der Waals surface area contributed by atoms with Gasteiger partial charge in [-0.15, -0.1) is 0 Å². The van der Waals surface area contributed by atoms with Crippen molar-refractivity contribution in [1.82, 2.24) is 9.66 Å². The number of carbonyl (C=O) groups is 1. The van der Waals surface area contributed by atoms with E-state index in [2.05, 4.69) is 17.3 Å². The molecule has 20 heavy (non-hydrogen) atoms. The smallest absolute Gasteiger partial charge is 0.238 e. The summed E-state index contributed by atoms with van der Waals surface area (Å²) in [5.74, 6) is 0.804. The van der Waals surface area contributed by atoms with Crippen molar-refractivity contribution in [2.24, 2.45) is 0 Å². The van der Waals surface area contributed by atoms with E-state index in [0.717, 1.165) is 36.2 Å². The van der Waals surface area contributed by atoms with Gasteiger partial charge in [-0.05, 0) is 18.9 Å². The minimum absolute atomic E-state index is 0.0336. The molecule has 0 saturated heterocycles. The summed E-state index contributed by atoms with van der Waals surface area (Å²) in [6.07, 6.45) is 7.17. The number of carbonyl (C=O) groups excluding carboxylic acids is 1. The maximum atomic E-state index is 11.9. The second-order valence-electron chi connectivity index (χ2n) is 4.93. The molecular formula is C16H21N3O. The lowest BCUT2D eigenvalue weighted by atomic mass is 10.1. The van der Waals surface area contributed by atoms with E-state index in [-0.39, 0.29) is 5.91 Å². The highest BCUT2D eigenvalue weighted by Crippen LogP contribution is 2.20. The lowest BCUT2D eigenvalue weighted by Gasteiger charge is -2.11. The van der Waals surface area contributed by atoms with Gasteiger partial charge in [-0.2, -0.15) is 0 Å². The van der Waals surface area contributed by atoms with E-state index in [1.165, 1.54) is 0 Å². The largest absolute Gasteiger partial charge is 0.273 e. The minimum atomic E-state index is 0.0336. The van der Waals surface area contributed by atoms with Gasteiger partial charge in [0.1, 0.15) is 0 Å². The van der Waals surface area contributed by atoms with Crippen LogP contribution in [0.25, 0.3) is 11.4 Å². The number of amides is 1. The predicted octanol–water partition coefficient (Wildman–Crippen LogP) is 3.51. The summed E-state index contributed by atoms with van der Waals surface area (Å²) in [5, 5.41) is 0. The van der Waals surface area contributed by atoms with Crippen molar-refractivity contribution >= 4 is 5.91 Å². The van der Waals surface area contributed by atoms with Crippen LogP contribution in [0.15, 0.2) is 36.7 Å². The molecule has 0 aliphatic heterocycles. The quantitative estimate of drug-likeness (QED) is 0.817. The fraction of sp³-hybridized carbons (Fsp3) is 0.375. The van der Waals surface area contributed by atoms with Crippen LogP contribution in [0.5, 0.6) is 0 Å². The zero-order valence-electron chi connectivity index (χ0n) is 12.1. The van der Waals surface area contributed by atoms with Gasteiger partial charge in [0.05, 0.1) is 0 Å².